The maximum absolute atomic E-state index is 12.1. The summed E-state index contributed by atoms with van der Waals surface area (Å²) < 4.78 is 5.88. The lowest BCUT2D eigenvalue weighted by molar-refractivity contribution is -0.128. The third kappa shape index (κ3) is 4.85. The van der Waals surface area contributed by atoms with E-state index >= 15 is 0 Å². The van der Waals surface area contributed by atoms with Crippen LogP contribution in [-0.4, -0.2) is 67.1 Å². The third-order valence-electron chi connectivity index (χ3n) is 5.50. The summed E-state index contributed by atoms with van der Waals surface area (Å²) in [6.07, 6.45) is 9.64. The van der Waals surface area contributed by atoms with Gasteiger partial charge in [-0.2, -0.15) is 0 Å². The van der Waals surface area contributed by atoms with Crippen molar-refractivity contribution in [2.24, 2.45) is 16.6 Å². The van der Waals surface area contributed by atoms with Crippen LogP contribution in [0, 0.1) is 5.92 Å². The van der Waals surface area contributed by atoms with Crippen LogP contribution in [0.4, 0.5) is 0 Å². The van der Waals surface area contributed by atoms with Crippen LogP contribution < -0.4 is 5.73 Å². The van der Waals surface area contributed by atoms with Crippen LogP contribution in [0.2, 0.25) is 0 Å². The van der Waals surface area contributed by atoms with Gasteiger partial charge in [-0.1, -0.05) is 12.8 Å². The quantitative estimate of drug-likeness (QED) is 0.591. The molecule has 6 heteroatoms. The molecule has 3 rings (SSSR count). The van der Waals surface area contributed by atoms with E-state index in [1.807, 2.05) is 4.90 Å². The lowest BCUT2D eigenvalue weighted by Gasteiger charge is -2.27. The smallest absolute Gasteiger partial charge is 0.223 e. The maximum Gasteiger partial charge on any atom is 0.223 e. The van der Waals surface area contributed by atoms with Gasteiger partial charge in [0.15, 0.2) is 5.96 Å². The molecule has 0 aromatic heterocycles. The first-order chi connectivity index (χ1) is 11.7. The number of likely N-dealkylation sites (tertiary alicyclic amines) is 2. The fourth-order valence-electron chi connectivity index (χ4n) is 4.02. The van der Waals surface area contributed by atoms with E-state index in [4.69, 9.17) is 10.5 Å². The Morgan fingerprint density at radius 3 is 2.67 bits per heavy atom. The Morgan fingerprint density at radius 2 is 1.92 bits per heavy atom. The third-order valence-corrected chi connectivity index (χ3v) is 5.50. The summed E-state index contributed by atoms with van der Waals surface area (Å²) in [4.78, 5) is 20.8. The van der Waals surface area contributed by atoms with Crippen LogP contribution in [0.1, 0.15) is 51.4 Å². The zero-order valence-electron chi connectivity index (χ0n) is 14.8. The Morgan fingerprint density at radius 1 is 1.17 bits per heavy atom. The topological polar surface area (TPSA) is 71.2 Å². The molecule has 1 unspecified atom stereocenters. The first kappa shape index (κ1) is 17.5. The number of aliphatic imine (C=N–C) groups is 1. The summed E-state index contributed by atoms with van der Waals surface area (Å²) in [5, 5.41) is 0. The average Bonchev–Trinajstić information content (AvgIpc) is 3.24. The van der Waals surface area contributed by atoms with E-state index in [1.165, 1.54) is 44.9 Å². The number of guanidine groups is 1. The molecular weight excluding hydrogens is 304 g/mol. The highest BCUT2D eigenvalue weighted by atomic mass is 16.5. The normalized spacial score (nSPS) is 26.6. The van der Waals surface area contributed by atoms with Crippen molar-refractivity contribution >= 4 is 11.9 Å². The number of nitrogens with two attached hydrogens (primary N) is 1. The second-order valence-corrected chi connectivity index (χ2v) is 7.43. The van der Waals surface area contributed by atoms with E-state index in [0.717, 1.165) is 26.2 Å². The molecule has 1 saturated carbocycles. The van der Waals surface area contributed by atoms with Gasteiger partial charge < -0.3 is 20.3 Å². The predicted octanol–water partition coefficient (Wildman–Crippen LogP) is 1.59. The predicted molar refractivity (Wildman–Crippen MR) is 94.8 cm³/mol. The van der Waals surface area contributed by atoms with E-state index in [9.17, 15) is 4.79 Å². The van der Waals surface area contributed by atoms with Gasteiger partial charge in [-0.3, -0.25) is 9.79 Å². The Labute approximate surface area is 145 Å². The van der Waals surface area contributed by atoms with Crippen LogP contribution in [0.3, 0.4) is 0 Å². The van der Waals surface area contributed by atoms with Crippen molar-refractivity contribution in [1.82, 2.24) is 9.80 Å². The zero-order chi connectivity index (χ0) is 16.8. The fraction of sp³-hybridized carbons (Fsp3) is 0.889. The van der Waals surface area contributed by atoms with Crippen molar-refractivity contribution in [3.63, 3.8) is 0 Å². The molecule has 2 heterocycles. The largest absolute Gasteiger partial charge is 0.376 e. The highest BCUT2D eigenvalue weighted by Crippen LogP contribution is 2.22. The molecule has 0 aromatic rings. The number of carbonyl (C=O) groups is 1. The van der Waals surface area contributed by atoms with Gasteiger partial charge in [0.1, 0.15) is 0 Å². The molecule has 1 aliphatic carbocycles. The van der Waals surface area contributed by atoms with Crippen LogP contribution in [-0.2, 0) is 9.53 Å². The fourth-order valence-corrected chi connectivity index (χ4v) is 4.02. The number of hydrogen-bond acceptors (Lipinski definition) is 3. The standard InChI is InChI=1S/C18H32N4O2/c19-18(21-8-4-1-5-9-21)20-13-15-12-17(23)22(14-15)10-11-24-16-6-2-3-7-16/h15-16H,1-14H2,(H2,19,20). The van der Waals surface area contributed by atoms with Gasteiger partial charge in [0.2, 0.25) is 5.91 Å². The first-order valence-electron chi connectivity index (χ1n) is 9.66. The average molecular weight is 336 g/mol. The van der Waals surface area contributed by atoms with E-state index in [-0.39, 0.29) is 5.91 Å². The molecule has 0 spiro atoms. The van der Waals surface area contributed by atoms with E-state index in [0.29, 0.717) is 37.6 Å². The molecule has 6 nitrogen and oxygen atoms in total. The Bertz CT molecular complexity index is 442. The van der Waals surface area contributed by atoms with Gasteiger partial charge in [-0.25, -0.2) is 0 Å². The van der Waals surface area contributed by atoms with E-state index < -0.39 is 0 Å². The Hall–Kier alpha value is -1.30. The molecule has 136 valence electrons. The second-order valence-electron chi connectivity index (χ2n) is 7.43. The van der Waals surface area contributed by atoms with Gasteiger partial charge >= 0.3 is 0 Å². The molecule has 0 radical (unpaired) electrons. The molecule has 2 saturated heterocycles. The number of piperidine rings is 1. The summed E-state index contributed by atoms with van der Waals surface area (Å²) in [6, 6.07) is 0. The van der Waals surface area contributed by atoms with Gasteiger partial charge in [0.05, 0.1) is 12.7 Å². The van der Waals surface area contributed by atoms with Crippen molar-refractivity contribution in [2.45, 2.75) is 57.5 Å². The molecular formula is C18H32N4O2. The SMILES string of the molecule is NC(=NCC1CC(=O)N(CCOC2CCCC2)C1)N1CCCCC1. The number of nitrogens with zero attached hydrogens (tertiary/aromatic N) is 3. The summed E-state index contributed by atoms with van der Waals surface area (Å²) in [7, 11) is 0. The minimum atomic E-state index is 0.238. The van der Waals surface area contributed by atoms with Crippen LogP contribution in [0.5, 0.6) is 0 Å². The van der Waals surface area contributed by atoms with Crippen LogP contribution >= 0.6 is 0 Å². The molecule has 1 atom stereocenters. The van der Waals surface area contributed by atoms with E-state index in [1.54, 1.807) is 0 Å². The van der Waals surface area contributed by atoms with Gasteiger partial charge in [-0.15, -0.1) is 0 Å². The number of carbonyl (C=O) groups excluding carboxylic acids is 1. The molecule has 2 aliphatic heterocycles. The van der Waals surface area contributed by atoms with E-state index in [2.05, 4.69) is 9.89 Å². The monoisotopic (exact) mass is 336 g/mol. The summed E-state index contributed by atoms with van der Waals surface area (Å²) in [5.74, 6) is 1.19. The molecule has 2 N–H and O–H groups in total. The van der Waals surface area contributed by atoms with Crippen molar-refractivity contribution in [3.05, 3.63) is 0 Å². The molecule has 0 aromatic carbocycles. The van der Waals surface area contributed by atoms with Crippen molar-refractivity contribution in [1.29, 1.82) is 0 Å². The summed E-state index contributed by atoms with van der Waals surface area (Å²) in [6.45, 7) is 4.88. The number of ether oxygens (including phenoxy) is 1. The summed E-state index contributed by atoms with van der Waals surface area (Å²) >= 11 is 0. The molecule has 0 bridgehead atoms. The van der Waals surface area contributed by atoms with Gasteiger partial charge in [0, 0.05) is 45.1 Å². The van der Waals surface area contributed by atoms with Crippen LogP contribution in [0.25, 0.3) is 0 Å². The molecule has 1 amide bonds. The number of amides is 1. The van der Waals surface area contributed by atoms with Gasteiger partial charge in [0.25, 0.3) is 0 Å². The maximum atomic E-state index is 12.1. The van der Waals surface area contributed by atoms with Gasteiger partial charge in [-0.05, 0) is 32.1 Å². The Balaban J connectivity index is 1.37. The highest BCUT2D eigenvalue weighted by molar-refractivity contribution is 5.79. The lowest BCUT2D eigenvalue weighted by atomic mass is 10.1. The van der Waals surface area contributed by atoms with Crippen molar-refractivity contribution in [3.8, 4) is 0 Å². The molecule has 24 heavy (non-hydrogen) atoms. The minimum Gasteiger partial charge on any atom is -0.376 e. The van der Waals surface area contributed by atoms with Crippen molar-refractivity contribution < 1.29 is 9.53 Å². The second kappa shape index (κ2) is 8.70. The minimum absolute atomic E-state index is 0.238. The Kier molecular flexibility index (Phi) is 6.35. The highest BCUT2D eigenvalue weighted by Gasteiger charge is 2.29. The van der Waals surface area contributed by atoms with Crippen molar-refractivity contribution in [2.75, 3.05) is 39.3 Å². The molecule has 3 fully saturated rings. The molecule has 3 aliphatic rings. The summed E-state index contributed by atoms with van der Waals surface area (Å²) in [5.41, 5.74) is 6.10. The number of rotatable bonds is 6. The zero-order valence-corrected chi connectivity index (χ0v) is 14.8. The number of hydrogen-bond donors (Lipinski definition) is 1. The first-order valence-corrected chi connectivity index (χ1v) is 9.66. The van der Waals surface area contributed by atoms with Crippen LogP contribution in [0.15, 0.2) is 4.99 Å². The lowest BCUT2D eigenvalue weighted by Crippen LogP contribution is -2.41.